The molecule has 1 unspecified atom stereocenters. The van der Waals surface area contributed by atoms with Crippen molar-refractivity contribution in [3.8, 4) is 11.5 Å². The van der Waals surface area contributed by atoms with Gasteiger partial charge in [-0.3, -0.25) is 9.59 Å². The van der Waals surface area contributed by atoms with Crippen molar-refractivity contribution in [2.45, 2.75) is 13.0 Å². The first kappa shape index (κ1) is 22.4. The van der Waals surface area contributed by atoms with E-state index in [9.17, 15) is 14.0 Å². The molecule has 0 saturated heterocycles. The van der Waals surface area contributed by atoms with Gasteiger partial charge in [-0.15, -0.1) is 0 Å². The van der Waals surface area contributed by atoms with Gasteiger partial charge in [0.2, 0.25) is 5.78 Å². The van der Waals surface area contributed by atoms with Crippen molar-refractivity contribution in [3.63, 3.8) is 0 Å². The summed E-state index contributed by atoms with van der Waals surface area (Å²) in [6.45, 7) is 1.55. The number of ketones is 1. The zero-order valence-electron chi connectivity index (χ0n) is 17.7. The molecule has 0 fully saturated rings. The van der Waals surface area contributed by atoms with Crippen LogP contribution in [0.2, 0.25) is 5.02 Å². The lowest BCUT2D eigenvalue weighted by atomic mass is 10.1. The fourth-order valence-electron chi connectivity index (χ4n) is 3.26. The Morgan fingerprint density at radius 3 is 2.48 bits per heavy atom. The highest BCUT2D eigenvalue weighted by Crippen LogP contribution is 2.34. The average molecular weight is 468 g/mol. The molecule has 33 heavy (non-hydrogen) atoms. The molecule has 0 saturated carbocycles. The number of hydrogen-bond donors (Lipinski definition) is 1. The molecular weight excluding hydrogens is 449 g/mol. The highest BCUT2D eigenvalue weighted by Gasteiger charge is 2.26. The van der Waals surface area contributed by atoms with E-state index < -0.39 is 23.6 Å². The first-order valence-electron chi connectivity index (χ1n) is 10.00. The van der Waals surface area contributed by atoms with Gasteiger partial charge in [-0.1, -0.05) is 23.7 Å². The van der Waals surface area contributed by atoms with E-state index in [0.717, 1.165) is 0 Å². The predicted octanol–water partition coefficient (Wildman–Crippen LogP) is 5.87. The molecule has 168 valence electrons. The number of halogens is 2. The second kappa shape index (κ2) is 9.34. The monoisotopic (exact) mass is 467 g/mol. The second-order valence-electron chi connectivity index (χ2n) is 7.18. The number of benzene rings is 3. The second-order valence-corrected chi connectivity index (χ2v) is 7.59. The number of furan rings is 1. The lowest BCUT2D eigenvalue weighted by Crippen LogP contribution is -2.30. The number of methoxy groups -OCH3 is 1. The zero-order valence-corrected chi connectivity index (χ0v) is 18.5. The van der Waals surface area contributed by atoms with E-state index in [-0.39, 0.29) is 22.0 Å². The maximum Gasteiger partial charge on any atom is 0.265 e. The van der Waals surface area contributed by atoms with Crippen LogP contribution in [0.25, 0.3) is 11.0 Å². The molecule has 1 amide bonds. The van der Waals surface area contributed by atoms with Crippen molar-refractivity contribution < 1.29 is 27.9 Å². The molecule has 3 aromatic carbocycles. The molecule has 0 aliphatic carbocycles. The van der Waals surface area contributed by atoms with Crippen molar-refractivity contribution in [1.29, 1.82) is 0 Å². The molecule has 1 heterocycles. The summed E-state index contributed by atoms with van der Waals surface area (Å²) in [7, 11) is 1.48. The maximum atomic E-state index is 13.3. The van der Waals surface area contributed by atoms with Crippen LogP contribution < -0.4 is 14.8 Å². The van der Waals surface area contributed by atoms with E-state index in [2.05, 4.69) is 5.32 Å². The molecule has 0 bridgehead atoms. The molecule has 0 spiro atoms. The van der Waals surface area contributed by atoms with E-state index >= 15 is 0 Å². The van der Waals surface area contributed by atoms with Crippen LogP contribution in [0, 0.1) is 5.82 Å². The Kier molecular flexibility index (Phi) is 6.33. The highest BCUT2D eigenvalue weighted by molar-refractivity contribution is 6.32. The third-order valence-corrected chi connectivity index (χ3v) is 5.25. The molecule has 6 nitrogen and oxygen atoms in total. The van der Waals surface area contributed by atoms with Gasteiger partial charge < -0.3 is 19.2 Å². The van der Waals surface area contributed by atoms with Gasteiger partial charge in [-0.05, 0) is 61.5 Å². The molecule has 4 rings (SSSR count). The largest absolute Gasteiger partial charge is 0.495 e. The molecule has 4 aromatic rings. The number of anilines is 1. The smallest absolute Gasteiger partial charge is 0.265 e. The Morgan fingerprint density at radius 1 is 1.06 bits per heavy atom. The van der Waals surface area contributed by atoms with Gasteiger partial charge in [0.1, 0.15) is 22.9 Å². The van der Waals surface area contributed by atoms with Gasteiger partial charge in [0.15, 0.2) is 11.9 Å². The minimum Gasteiger partial charge on any atom is -0.495 e. The van der Waals surface area contributed by atoms with E-state index in [1.807, 2.05) is 0 Å². The number of amides is 1. The Balaban J connectivity index is 1.65. The first-order chi connectivity index (χ1) is 15.9. The SMILES string of the molecule is COc1ccc(C(=O)c2oc3ccccc3c2NC(=O)C(C)Oc2ccc(F)cc2)cc1Cl. The minimum atomic E-state index is -0.928. The topological polar surface area (TPSA) is 77.8 Å². The Hall–Kier alpha value is -3.84. The maximum absolute atomic E-state index is 13.3. The summed E-state index contributed by atoms with van der Waals surface area (Å²) in [4.78, 5) is 26.1. The third kappa shape index (κ3) is 4.68. The van der Waals surface area contributed by atoms with E-state index in [0.29, 0.717) is 22.5 Å². The zero-order chi connectivity index (χ0) is 23.5. The molecule has 1 aromatic heterocycles. The van der Waals surface area contributed by atoms with E-state index in [1.54, 1.807) is 43.3 Å². The Morgan fingerprint density at radius 2 is 1.79 bits per heavy atom. The summed E-state index contributed by atoms with van der Waals surface area (Å²) < 4.78 is 29.6. The van der Waals surface area contributed by atoms with Crippen LogP contribution in [0.15, 0.2) is 71.1 Å². The first-order valence-corrected chi connectivity index (χ1v) is 10.4. The van der Waals surface area contributed by atoms with Crippen molar-refractivity contribution in [2.75, 3.05) is 12.4 Å². The number of ether oxygens (including phenoxy) is 2. The summed E-state index contributed by atoms with van der Waals surface area (Å²) >= 11 is 6.17. The summed E-state index contributed by atoms with van der Waals surface area (Å²) in [6, 6.07) is 16.9. The molecular formula is C25H19ClFNO5. The van der Waals surface area contributed by atoms with Crippen molar-refractivity contribution in [3.05, 3.63) is 88.9 Å². The van der Waals surface area contributed by atoms with E-state index in [4.69, 9.17) is 25.5 Å². The van der Waals surface area contributed by atoms with Gasteiger partial charge in [0, 0.05) is 10.9 Å². The molecule has 1 atom stereocenters. The van der Waals surface area contributed by atoms with Gasteiger partial charge in [-0.2, -0.15) is 0 Å². The van der Waals surface area contributed by atoms with Crippen LogP contribution in [0.4, 0.5) is 10.1 Å². The van der Waals surface area contributed by atoms with Crippen LogP contribution in [0.1, 0.15) is 23.0 Å². The van der Waals surface area contributed by atoms with Crippen LogP contribution >= 0.6 is 11.6 Å². The lowest BCUT2D eigenvalue weighted by molar-refractivity contribution is -0.122. The van der Waals surface area contributed by atoms with Crippen LogP contribution in [0.3, 0.4) is 0 Å². The fraction of sp³-hybridized carbons (Fsp3) is 0.120. The molecule has 0 aliphatic rings. The van der Waals surface area contributed by atoms with Gasteiger partial charge >= 0.3 is 0 Å². The number of para-hydroxylation sites is 1. The van der Waals surface area contributed by atoms with Crippen LogP contribution in [-0.4, -0.2) is 24.9 Å². The summed E-state index contributed by atoms with van der Waals surface area (Å²) in [6.07, 6.45) is -0.928. The molecule has 1 N–H and O–H groups in total. The summed E-state index contributed by atoms with van der Waals surface area (Å²) in [5.74, 6) is -0.657. The van der Waals surface area contributed by atoms with Crippen molar-refractivity contribution >= 4 is 39.9 Å². The molecule has 0 aliphatic heterocycles. The number of carbonyl (C=O) groups excluding carboxylic acids is 2. The quantitative estimate of drug-likeness (QED) is 0.344. The van der Waals surface area contributed by atoms with Crippen molar-refractivity contribution in [1.82, 2.24) is 0 Å². The summed E-state index contributed by atoms with van der Waals surface area (Å²) in [5, 5.41) is 3.57. The van der Waals surface area contributed by atoms with Crippen LogP contribution in [0.5, 0.6) is 11.5 Å². The number of rotatable bonds is 7. The predicted molar refractivity (Wildman–Crippen MR) is 123 cm³/mol. The molecule has 8 heteroatoms. The minimum absolute atomic E-state index is 0.0419. The standard InChI is InChI=1S/C25H19ClFNO5/c1-14(32-17-10-8-16(27)9-11-17)25(30)28-22-18-5-3-4-6-20(18)33-24(22)23(29)15-7-12-21(31-2)19(26)13-15/h3-14H,1-2H3,(H,28,30). The van der Waals surface area contributed by atoms with Gasteiger partial charge in [0.25, 0.3) is 5.91 Å². The average Bonchev–Trinajstić information content (AvgIpc) is 3.18. The number of fused-ring (bicyclic) bond motifs is 1. The van der Waals surface area contributed by atoms with Gasteiger partial charge in [-0.25, -0.2) is 4.39 Å². The number of carbonyl (C=O) groups is 2. The molecule has 0 radical (unpaired) electrons. The van der Waals surface area contributed by atoms with Crippen molar-refractivity contribution in [2.24, 2.45) is 0 Å². The number of hydrogen-bond acceptors (Lipinski definition) is 5. The summed E-state index contributed by atoms with van der Waals surface area (Å²) in [5.41, 5.74) is 0.927. The van der Waals surface area contributed by atoms with Gasteiger partial charge in [0.05, 0.1) is 17.8 Å². The fourth-order valence-corrected chi connectivity index (χ4v) is 3.52. The Labute approximate surface area is 193 Å². The highest BCUT2D eigenvalue weighted by atomic mass is 35.5. The third-order valence-electron chi connectivity index (χ3n) is 4.96. The Bertz CT molecular complexity index is 1330. The lowest BCUT2D eigenvalue weighted by Gasteiger charge is -2.15. The van der Waals surface area contributed by atoms with E-state index in [1.165, 1.54) is 37.4 Å². The number of nitrogens with one attached hydrogen (secondary N) is 1. The normalized spacial score (nSPS) is 11.8. The van der Waals surface area contributed by atoms with Crippen LogP contribution in [-0.2, 0) is 4.79 Å².